The van der Waals surface area contributed by atoms with Gasteiger partial charge in [-0.05, 0) is 13.0 Å². The van der Waals surface area contributed by atoms with Gasteiger partial charge >= 0.3 is 0 Å². The van der Waals surface area contributed by atoms with E-state index in [-0.39, 0.29) is 6.04 Å². The van der Waals surface area contributed by atoms with Crippen molar-refractivity contribution in [3.05, 3.63) is 42.0 Å². The number of hydrogen-bond donors (Lipinski definition) is 1. The van der Waals surface area contributed by atoms with E-state index in [4.69, 9.17) is 10.5 Å². The number of ether oxygens (including phenoxy) is 1. The summed E-state index contributed by atoms with van der Waals surface area (Å²) < 4.78 is 5.20. The Bertz CT molecular complexity index is 307. The van der Waals surface area contributed by atoms with E-state index in [1.165, 1.54) is 5.56 Å². The summed E-state index contributed by atoms with van der Waals surface area (Å²) in [6.07, 6.45) is 1.71. The van der Waals surface area contributed by atoms with Gasteiger partial charge in [-0.25, -0.2) is 0 Å². The zero-order valence-electron chi connectivity index (χ0n) is 8.08. The van der Waals surface area contributed by atoms with Gasteiger partial charge in [0.25, 0.3) is 0 Å². The van der Waals surface area contributed by atoms with Crippen molar-refractivity contribution in [1.29, 1.82) is 0 Å². The topological polar surface area (TPSA) is 35.2 Å². The number of rotatable bonds is 3. The quantitative estimate of drug-likeness (QED) is 0.718. The summed E-state index contributed by atoms with van der Waals surface area (Å²) in [7, 11) is 1.64. The van der Waals surface area contributed by atoms with Crippen LogP contribution in [0.2, 0.25) is 0 Å². The van der Waals surface area contributed by atoms with E-state index in [0.29, 0.717) is 0 Å². The zero-order chi connectivity index (χ0) is 9.84. The Morgan fingerprint density at radius 1 is 1.54 bits per heavy atom. The largest absolute Gasteiger partial charge is 0.496 e. The molecule has 0 amide bonds. The smallest absolute Gasteiger partial charge is 0.123 e. The molecule has 2 nitrogen and oxygen atoms in total. The summed E-state index contributed by atoms with van der Waals surface area (Å²) in [4.78, 5) is 0. The van der Waals surface area contributed by atoms with Crippen molar-refractivity contribution in [2.75, 3.05) is 7.11 Å². The van der Waals surface area contributed by atoms with E-state index < -0.39 is 0 Å². The molecule has 13 heavy (non-hydrogen) atoms. The van der Waals surface area contributed by atoms with Crippen LogP contribution in [0.5, 0.6) is 5.75 Å². The van der Waals surface area contributed by atoms with Gasteiger partial charge in [0.1, 0.15) is 5.75 Å². The average Bonchev–Trinajstić information content (AvgIpc) is 2.16. The predicted octanol–water partition coefficient (Wildman–Crippen LogP) is 2.19. The maximum absolute atomic E-state index is 5.84. The fourth-order valence-electron chi connectivity index (χ4n) is 1.24. The van der Waals surface area contributed by atoms with Crippen molar-refractivity contribution in [3.63, 3.8) is 0 Å². The highest BCUT2D eigenvalue weighted by Crippen LogP contribution is 2.25. The second-order valence-corrected chi connectivity index (χ2v) is 3.01. The Labute approximate surface area is 79.0 Å². The molecule has 0 aliphatic heterocycles. The van der Waals surface area contributed by atoms with E-state index in [1.807, 2.05) is 25.1 Å². The third kappa shape index (κ3) is 2.10. The molecule has 0 radical (unpaired) electrons. The van der Waals surface area contributed by atoms with Crippen LogP contribution in [0.15, 0.2) is 30.9 Å². The van der Waals surface area contributed by atoms with Crippen LogP contribution in [0.25, 0.3) is 0 Å². The van der Waals surface area contributed by atoms with Crippen molar-refractivity contribution in [1.82, 2.24) is 0 Å². The molecule has 0 unspecified atom stereocenters. The van der Waals surface area contributed by atoms with Gasteiger partial charge < -0.3 is 10.5 Å². The van der Waals surface area contributed by atoms with Crippen LogP contribution in [0.3, 0.4) is 0 Å². The Morgan fingerprint density at radius 3 is 2.77 bits per heavy atom. The lowest BCUT2D eigenvalue weighted by Gasteiger charge is -2.12. The van der Waals surface area contributed by atoms with Gasteiger partial charge in [-0.15, -0.1) is 6.58 Å². The first-order valence-corrected chi connectivity index (χ1v) is 4.21. The second-order valence-electron chi connectivity index (χ2n) is 3.01. The molecule has 0 aliphatic rings. The van der Waals surface area contributed by atoms with Crippen LogP contribution in [-0.4, -0.2) is 7.11 Å². The number of methoxy groups -OCH3 is 1. The van der Waals surface area contributed by atoms with Gasteiger partial charge in [0, 0.05) is 5.56 Å². The standard InChI is InChI=1S/C11H15NO/c1-4-10(12)9-7-8(2)5-6-11(9)13-3/h4-7,10H,1,12H2,2-3H3/t10-/m1/s1. The lowest BCUT2D eigenvalue weighted by Crippen LogP contribution is -2.08. The maximum Gasteiger partial charge on any atom is 0.123 e. The predicted molar refractivity (Wildman–Crippen MR) is 54.9 cm³/mol. The van der Waals surface area contributed by atoms with E-state index >= 15 is 0 Å². The third-order valence-corrected chi connectivity index (χ3v) is 2.00. The fraction of sp³-hybridized carbons (Fsp3) is 0.273. The molecule has 0 bridgehead atoms. The molecule has 2 heteroatoms. The van der Waals surface area contributed by atoms with E-state index in [2.05, 4.69) is 6.58 Å². The molecule has 1 atom stereocenters. The van der Waals surface area contributed by atoms with Crippen molar-refractivity contribution >= 4 is 0 Å². The van der Waals surface area contributed by atoms with Crippen LogP contribution >= 0.6 is 0 Å². The normalized spacial score (nSPS) is 12.2. The van der Waals surface area contributed by atoms with E-state index in [1.54, 1.807) is 13.2 Å². The molecular formula is C11H15NO. The Morgan fingerprint density at radius 2 is 2.23 bits per heavy atom. The van der Waals surface area contributed by atoms with Crippen molar-refractivity contribution in [3.8, 4) is 5.75 Å². The fourth-order valence-corrected chi connectivity index (χ4v) is 1.24. The molecule has 1 aromatic carbocycles. The highest BCUT2D eigenvalue weighted by Gasteiger charge is 2.07. The summed E-state index contributed by atoms with van der Waals surface area (Å²) in [6, 6.07) is 5.78. The van der Waals surface area contributed by atoms with Gasteiger partial charge in [-0.2, -0.15) is 0 Å². The summed E-state index contributed by atoms with van der Waals surface area (Å²) in [5.74, 6) is 0.818. The number of benzene rings is 1. The molecule has 0 aromatic heterocycles. The number of aryl methyl sites for hydroxylation is 1. The Kier molecular flexibility index (Phi) is 3.09. The van der Waals surface area contributed by atoms with Crippen LogP contribution in [-0.2, 0) is 0 Å². The zero-order valence-corrected chi connectivity index (χ0v) is 8.08. The van der Waals surface area contributed by atoms with Crippen molar-refractivity contribution < 1.29 is 4.74 Å². The summed E-state index contributed by atoms with van der Waals surface area (Å²) in [5.41, 5.74) is 8.00. The minimum Gasteiger partial charge on any atom is -0.496 e. The highest BCUT2D eigenvalue weighted by molar-refractivity contribution is 5.40. The first-order valence-electron chi connectivity index (χ1n) is 4.21. The third-order valence-electron chi connectivity index (χ3n) is 2.00. The molecule has 2 N–H and O–H groups in total. The summed E-state index contributed by atoms with van der Waals surface area (Å²) in [6.45, 7) is 5.69. The van der Waals surface area contributed by atoms with Gasteiger partial charge in [0.2, 0.25) is 0 Å². The lowest BCUT2D eigenvalue weighted by atomic mass is 10.0. The monoisotopic (exact) mass is 177 g/mol. The molecule has 1 aromatic rings. The Hall–Kier alpha value is -1.28. The Balaban J connectivity index is 3.14. The van der Waals surface area contributed by atoms with E-state index in [0.717, 1.165) is 11.3 Å². The minimum atomic E-state index is -0.158. The van der Waals surface area contributed by atoms with Gasteiger partial charge in [0.15, 0.2) is 0 Å². The molecule has 1 rings (SSSR count). The first kappa shape index (κ1) is 9.81. The second kappa shape index (κ2) is 4.10. The van der Waals surface area contributed by atoms with Gasteiger partial charge in [0.05, 0.1) is 13.2 Å². The molecule has 0 saturated carbocycles. The maximum atomic E-state index is 5.84. The SMILES string of the molecule is C=C[C@@H](N)c1cc(C)ccc1OC. The number of nitrogens with two attached hydrogens (primary N) is 1. The van der Waals surface area contributed by atoms with Crippen LogP contribution in [0.4, 0.5) is 0 Å². The van der Waals surface area contributed by atoms with Crippen LogP contribution < -0.4 is 10.5 Å². The summed E-state index contributed by atoms with van der Waals surface area (Å²) >= 11 is 0. The molecular weight excluding hydrogens is 162 g/mol. The molecule has 0 spiro atoms. The highest BCUT2D eigenvalue weighted by atomic mass is 16.5. The molecule has 0 fully saturated rings. The molecule has 0 aliphatic carbocycles. The lowest BCUT2D eigenvalue weighted by molar-refractivity contribution is 0.408. The van der Waals surface area contributed by atoms with Gasteiger partial charge in [-0.3, -0.25) is 0 Å². The average molecular weight is 177 g/mol. The van der Waals surface area contributed by atoms with Crippen LogP contribution in [0, 0.1) is 6.92 Å². The molecule has 0 heterocycles. The van der Waals surface area contributed by atoms with Crippen LogP contribution in [0.1, 0.15) is 17.2 Å². The van der Waals surface area contributed by atoms with Gasteiger partial charge in [-0.1, -0.05) is 23.8 Å². The molecule has 0 saturated heterocycles. The minimum absolute atomic E-state index is 0.158. The first-order chi connectivity index (χ1) is 6.19. The van der Waals surface area contributed by atoms with Crippen molar-refractivity contribution in [2.24, 2.45) is 5.73 Å². The van der Waals surface area contributed by atoms with E-state index in [9.17, 15) is 0 Å². The summed E-state index contributed by atoms with van der Waals surface area (Å²) in [5, 5.41) is 0. The number of hydrogen-bond acceptors (Lipinski definition) is 2. The van der Waals surface area contributed by atoms with Crippen molar-refractivity contribution in [2.45, 2.75) is 13.0 Å². The molecule has 70 valence electrons.